The summed E-state index contributed by atoms with van der Waals surface area (Å²) in [6.07, 6.45) is 8.48. The lowest BCUT2D eigenvalue weighted by atomic mass is 10.1. The molecule has 1 saturated carbocycles. The second kappa shape index (κ2) is 13.2. The summed E-state index contributed by atoms with van der Waals surface area (Å²) in [6.45, 7) is 7.36. The van der Waals surface area contributed by atoms with Gasteiger partial charge in [-0.1, -0.05) is 6.08 Å². The number of guanidine groups is 1. The smallest absolute Gasteiger partial charge is 0.191 e. The van der Waals surface area contributed by atoms with Gasteiger partial charge in [0.2, 0.25) is 0 Å². The van der Waals surface area contributed by atoms with Crippen LogP contribution in [-0.2, 0) is 13.0 Å². The number of rotatable bonds is 9. The van der Waals surface area contributed by atoms with E-state index in [1.54, 1.807) is 14.2 Å². The summed E-state index contributed by atoms with van der Waals surface area (Å²) in [6, 6.07) is 4.62. The van der Waals surface area contributed by atoms with Crippen LogP contribution in [0.2, 0.25) is 0 Å². The highest BCUT2D eigenvalue weighted by Crippen LogP contribution is 2.33. The summed E-state index contributed by atoms with van der Waals surface area (Å²) in [4.78, 5) is 4.80. The van der Waals surface area contributed by atoms with Crippen molar-refractivity contribution in [2.24, 2.45) is 4.99 Å². The molecule has 0 heterocycles. The van der Waals surface area contributed by atoms with Gasteiger partial charge < -0.3 is 20.1 Å². The van der Waals surface area contributed by atoms with Gasteiger partial charge in [0.05, 0.1) is 20.8 Å². The standard InChI is InChI=1S/C21H33N3O2S.HI/c1-6-8-16-11-15(12-19(25-3)20(16)26-4)14-23-21(22-7-2)24-17-9-10-18(13-17)27-5;/h6,11-12,17-18H,1,7-10,13-14H2,2-5H3,(H2,22,23,24);1H. The summed E-state index contributed by atoms with van der Waals surface area (Å²) >= 11 is 1.97. The molecule has 2 N–H and O–H groups in total. The summed E-state index contributed by atoms with van der Waals surface area (Å²) in [7, 11) is 3.33. The topological polar surface area (TPSA) is 54.9 Å². The van der Waals surface area contributed by atoms with Crippen molar-refractivity contribution < 1.29 is 9.47 Å². The quantitative estimate of drug-likeness (QED) is 0.220. The normalized spacial score (nSPS) is 18.9. The molecule has 0 bridgehead atoms. The first kappa shape index (κ1) is 24.9. The van der Waals surface area contributed by atoms with Gasteiger partial charge in [-0.05, 0) is 56.6 Å². The van der Waals surface area contributed by atoms with Gasteiger partial charge in [0.15, 0.2) is 17.5 Å². The van der Waals surface area contributed by atoms with Crippen molar-refractivity contribution in [2.45, 2.75) is 50.4 Å². The minimum absolute atomic E-state index is 0. The Balaban J connectivity index is 0.00000392. The van der Waals surface area contributed by atoms with Crippen molar-refractivity contribution in [3.8, 4) is 11.5 Å². The molecule has 1 aromatic carbocycles. The number of benzene rings is 1. The van der Waals surface area contributed by atoms with Crippen molar-refractivity contribution >= 4 is 41.7 Å². The van der Waals surface area contributed by atoms with E-state index in [0.29, 0.717) is 12.6 Å². The molecule has 1 aliphatic carbocycles. The van der Waals surface area contributed by atoms with E-state index >= 15 is 0 Å². The Morgan fingerprint density at radius 3 is 2.68 bits per heavy atom. The average Bonchev–Trinajstić information content (AvgIpc) is 3.13. The first-order valence-electron chi connectivity index (χ1n) is 9.57. The Morgan fingerprint density at radius 2 is 2.11 bits per heavy atom. The lowest BCUT2D eigenvalue weighted by Gasteiger charge is -2.18. The van der Waals surface area contributed by atoms with Crippen molar-refractivity contribution in [3.63, 3.8) is 0 Å². The molecule has 28 heavy (non-hydrogen) atoms. The molecule has 1 fully saturated rings. The van der Waals surface area contributed by atoms with Gasteiger partial charge in [-0.25, -0.2) is 4.99 Å². The number of nitrogens with zero attached hydrogens (tertiary/aromatic N) is 1. The molecule has 2 rings (SSSR count). The van der Waals surface area contributed by atoms with Crippen molar-refractivity contribution in [1.82, 2.24) is 10.6 Å². The maximum Gasteiger partial charge on any atom is 0.191 e. The molecule has 2 unspecified atom stereocenters. The number of nitrogens with one attached hydrogen (secondary N) is 2. The molecule has 0 spiro atoms. The minimum atomic E-state index is 0. The molecule has 0 amide bonds. The molecule has 7 heteroatoms. The van der Waals surface area contributed by atoms with E-state index in [-0.39, 0.29) is 24.0 Å². The maximum absolute atomic E-state index is 5.51. The second-order valence-electron chi connectivity index (χ2n) is 6.69. The van der Waals surface area contributed by atoms with Crippen molar-refractivity contribution in [1.29, 1.82) is 0 Å². The van der Waals surface area contributed by atoms with Crippen LogP contribution < -0.4 is 20.1 Å². The maximum atomic E-state index is 5.51. The summed E-state index contributed by atoms with van der Waals surface area (Å²) in [5.74, 6) is 2.38. The lowest BCUT2D eigenvalue weighted by molar-refractivity contribution is 0.352. The van der Waals surface area contributed by atoms with Gasteiger partial charge in [-0.3, -0.25) is 0 Å². The van der Waals surface area contributed by atoms with Crippen LogP contribution in [0, 0.1) is 0 Å². The molecule has 0 saturated heterocycles. The zero-order valence-corrected chi connectivity index (χ0v) is 20.6. The number of methoxy groups -OCH3 is 2. The van der Waals surface area contributed by atoms with E-state index < -0.39 is 0 Å². The number of thioether (sulfide) groups is 1. The summed E-state index contributed by atoms with van der Waals surface area (Å²) in [5.41, 5.74) is 2.16. The number of ether oxygens (including phenoxy) is 2. The Labute approximate surface area is 191 Å². The van der Waals surface area contributed by atoms with Gasteiger partial charge >= 0.3 is 0 Å². The van der Waals surface area contributed by atoms with Crippen molar-refractivity contribution in [3.05, 3.63) is 35.9 Å². The van der Waals surface area contributed by atoms with E-state index in [1.807, 2.05) is 23.9 Å². The molecule has 1 aliphatic rings. The highest BCUT2D eigenvalue weighted by molar-refractivity contribution is 14.0. The fourth-order valence-electron chi connectivity index (χ4n) is 3.47. The molecule has 0 radical (unpaired) electrons. The Bertz CT molecular complexity index is 655. The van der Waals surface area contributed by atoms with Gasteiger partial charge in [0.1, 0.15) is 0 Å². The molecule has 158 valence electrons. The van der Waals surface area contributed by atoms with Gasteiger partial charge in [-0.2, -0.15) is 11.8 Å². The number of aliphatic imine (C=N–C) groups is 1. The highest BCUT2D eigenvalue weighted by atomic mass is 127. The fourth-order valence-corrected chi connectivity index (χ4v) is 4.27. The molecule has 5 nitrogen and oxygen atoms in total. The average molecular weight is 519 g/mol. The number of halogens is 1. The van der Waals surface area contributed by atoms with E-state index in [9.17, 15) is 0 Å². The zero-order chi connectivity index (χ0) is 19.6. The van der Waals surface area contributed by atoms with Crippen LogP contribution in [-0.4, -0.2) is 44.3 Å². The van der Waals surface area contributed by atoms with Crippen LogP contribution >= 0.6 is 35.7 Å². The molecule has 0 aliphatic heterocycles. The first-order chi connectivity index (χ1) is 13.1. The van der Waals surface area contributed by atoms with Crippen LogP contribution in [0.15, 0.2) is 29.8 Å². The fraction of sp³-hybridized carbons (Fsp3) is 0.571. The molecular formula is C21H34IN3O2S. The van der Waals surface area contributed by atoms with E-state index in [4.69, 9.17) is 14.5 Å². The highest BCUT2D eigenvalue weighted by Gasteiger charge is 2.24. The lowest BCUT2D eigenvalue weighted by Crippen LogP contribution is -2.42. The Hall–Kier alpha value is -1.09. The number of hydrogen-bond acceptors (Lipinski definition) is 4. The third kappa shape index (κ3) is 7.06. The predicted octanol–water partition coefficient (Wildman–Crippen LogP) is 4.39. The molecule has 2 atom stereocenters. The third-order valence-corrected chi connectivity index (χ3v) is 5.90. The molecule has 0 aromatic heterocycles. The van der Waals surface area contributed by atoms with Crippen LogP contribution in [0.5, 0.6) is 11.5 Å². The monoisotopic (exact) mass is 519 g/mol. The zero-order valence-electron chi connectivity index (χ0n) is 17.4. The van der Waals surface area contributed by atoms with E-state index in [0.717, 1.165) is 46.8 Å². The molecular weight excluding hydrogens is 485 g/mol. The Kier molecular flexibility index (Phi) is 11.8. The number of hydrogen-bond donors (Lipinski definition) is 2. The van der Waals surface area contributed by atoms with E-state index in [2.05, 4.69) is 36.5 Å². The summed E-state index contributed by atoms with van der Waals surface area (Å²) in [5, 5.41) is 7.72. The summed E-state index contributed by atoms with van der Waals surface area (Å²) < 4.78 is 11.0. The largest absolute Gasteiger partial charge is 0.493 e. The Morgan fingerprint density at radius 1 is 1.32 bits per heavy atom. The van der Waals surface area contributed by atoms with Gasteiger partial charge in [-0.15, -0.1) is 30.6 Å². The first-order valence-corrected chi connectivity index (χ1v) is 10.9. The van der Waals surface area contributed by atoms with Crippen LogP contribution in [0.4, 0.5) is 0 Å². The van der Waals surface area contributed by atoms with Gasteiger partial charge in [0, 0.05) is 23.4 Å². The number of allylic oxidation sites excluding steroid dienone is 1. The van der Waals surface area contributed by atoms with Crippen molar-refractivity contribution in [2.75, 3.05) is 27.0 Å². The second-order valence-corrected chi connectivity index (χ2v) is 7.83. The van der Waals surface area contributed by atoms with E-state index in [1.165, 1.54) is 19.3 Å². The SMILES string of the molecule is C=CCc1cc(CN=C(NCC)NC2CCC(SC)C2)cc(OC)c1OC.I. The van der Waals surface area contributed by atoms with Crippen LogP contribution in [0.25, 0.3) is 0 Å². The van der Waals surface area contributed by atoms with Gasteiger partial charge in [0.25, 0.3) is 0 Å². The predicted molar refractivity (Wildman–Crippen MR) is 132 cm³/mol. The minimum Gasteiger partial charge on any atom is -0.493 e. The molecule has 1 aromatic rings. The van der Waals surface area contributed by atoms with Crippen LogP contribution in [0.3, 0.4) is 0 Å². The third-order valence-electron chi connectivity index (χ3n) is 4.80. The van der Waals surface area contributed by atoms with Crippen LogP contribution in [0.1, 0.15) is 37.3 Å².